The molecule has 2 aromatic heterocycles. The Hall–Kier alpha value is -1.97. The van der Waals surface area contributed by atoms with E-state index in [0.29, 0.717) is 5.75 Å². The molecule has 1 aliphatic rings. The maximum absolute atomic E-state index is 12.3. The van der Waals surface area contributed by atoms with E-state index in [4.69, 9.17) is 0 Å². The number of rotatable bonds is 5. The normalized spacial score (nSPS) is 17.1. The summed E-state index contributed by atoms with van der Waals surface area (Å²) in [4.78, 5) is 13.0. The molecule has 4 rings (SSSR count). The maximum Gasteiger partial charge on any atom is 0.235 e. The van der Waals surface area contributed by atoms with Crippen LogP contribution < -0.4 is 10.6 Å². The van der Waals surface area contributed by atoms with Crippen LogP contribution in [0, 0.1) is 13.8 Å². The van der Waals surface area contributed by atoms with Crippen molar-refractivity contribution in [1.82, 2.24) is 25.1 Å². The fourth-order valence-electron chi connectivity index (χ4n) is 3.06. The van der Waals surface area contributed by atoms with E-state index in [1.54, 1.807) is 4.52 Å². The van der Waals surface area contributed by atoms with Crippen LogP contribution >= 0.6 is 23.1 Å². The summed E-state index contributed by atoms with van der Waals surface area (Å²) in [6.07, 6.45) is 2.20. The fraction of sp³-hybridized carbons (Fsp3) is 0.412. The predicted molar refractivity (Wildman–Crippen MR) is 104 cm³/mol. The molecule has 0 bridgehead atoms. The quantitative estimate of drug-likeness (QED) is 0.654. The van der Waals surface area contributed by atoms with Gasteiger partial charge >= 0.3 is 0 Å². The third-order valence-electron chi connectivity index (χ3n) is 4.35. The molecule has 2 N–H and O–H groups in total. The van der Waals surface area contributed by atoms with Crippen LogP contribution in [-0.2, 0) is 4.79 Å². The number of hydrogen-bond donors (Lipinski definition) is 2. The summed E-state index contributed by atoms with van der Waals surface area (Å²) in [6, 6.07) is 6.22. The van der Waals surface area contributed by atoms with E-state index >= 15 is 0 Å². The zero-order valence-electron chi connectivity index (χ0n) is 14.7. The predicted octanol–water partition coefficient (Wildman–Crippen LogP) is 2.96. The van der Waals surface area contributed by atoms with Gasteiger partial charge in [-0.3, -0.25) is 4.79 Å². The lowest BCUT2D eigenvalue weighted by atomic mass is 10.1. The fourth-order valence-corrected chi connectivity index (χ4v) is 4.75. The molecule has 0 radical (unpaired) electrons. The lowest BCUT2D eigenvalue weighted by molar-refractivity contribution is -0.113. The minimum absolute atomic E-state index is 0.0365. The number of nitrogens with zero attached hydrogens (tertiary/aromatic N) is 4. The van der Waals surface area contributed by atoms with Gasteiger partial charge in [0, 0.05) is 5.69 Å². The van der Waals surface area contributed by atoms with E-state index in [0.717, 1.165) is 45.8 Å². The van der Waals surface area contributed by atoms with Gasteiger partial charge in [0.25, 0.3) is 0 Å². The molecule has 0 spiro atoms. The number of amides is 1. The van der Waals surface area contributed by atoms with Crippen LogP contribution in [0.4, 0.5) is 5.69 Å². The zero-order valence-corrected chi connectivity index (χ0v) is 16.3. The summed E-state index contributed by atoms with van der Waals surface area (Å²) in [5.74, 6) is 1.14. The van der Waals surface area contributed by atoms with Crippen LogP contribution in [0.1, 0.15) is 35.8 Å². The van der Waals surface area contributed by atoms with Gasteiger partial charge in [0.15, 0.2) is 10.2 Å². The lowest BCUT2D eigenvalue weighted by Gasteiger charge is -2.08. The molecular formula is C17H20N6OS2. The monoisotopic (exact) mass is 388 g/mol. The summed E-state index contributed by atoms with van der Waals surface area (Å²) in [7, 11) is 0. The molecule has 3 aromatic rings. The van der Waals surface area contributed by atoms with Gasteiger partial charge in [0.05, 0.1) is 11.8 Å². The van der Waals surface area contributed by atoms with Gasteiger partial charge in [0.2, 0.25) is 10.9 Å². The first-order valence-corrected chi connectivity index (χ1v) is 10.4. The van der Waals surface area contributed by atoms with Crippen LogP contribution in [0.3, 0.4) is 0 Å². The number of aryl methyl sites for hydroxylation is 2. The van der Waals surface area contributed by atoms with Crippen LogP contribution in [-0.4, -0.2) is 38.0 Å². The molecule has 1 unspecified atom stereocenters. The molecule has 26 heavy (non-hydrogen) atoms. The molecule has 0 aliphatic carbocycles. The van der Waals surface area contributed by atoms with Crippen molar-refractivity contribution >= 4 is 39.7 Å². The Kier molecular flexibility index (Phi) is 4.92. The molecule has 3 heterocycles. The molecule has 1 aromatic carbocycles. The van der Waals surface area contributed by atoms with E-state index in [-0.39, 0.29) is 11.9 Å². The van der Waals surface area contributed by atoms with E-state index in [1.807, 2.05) is 26.0 Å². The van der Waals surface area contributed by atoms with Gasteiger partial charge in [-0.15, -0.1) is 15.3 Å². The number of benzene rings is 1. The van der Waals surface area contributed by atoms with Gasteiger partial charge in [-0.1, -0.05) is 40.8 Å². The van der Waals surface area contributed by atoms with E-state index < -0.39 is 0 Å². The van der Waals surface area contributed by atoms with Crippen molar-refractivity contribution in [2.45, 2.75) is 37.1 Å². The minimum Gasteiger partial charge on any atom is -0.325 e. The number of nitrogens with one attached hydrogen (secondary N) is 2. The van der Waals surface area contributed by atoms with Crippen molar-refractivity contribution in [2.24, 2.45) is 0 Å². The topological polar surface area (TPSA) is 84.2 Å². The summed E-state index contributed by atoms with van der Waals surface area (Å²) >= 11 is 2.89. The highest BCUT2D eigenvalue weighted by Crippen LogP contribution is 2.28. The minimum atomic E-state index is -0.0365. The van der Waals surface area contributed by atoms with Crippen LogP contribution in [0.2, 0.25) is 0 Å². The number of carbonyl (C=O) groups is 1. The average molecular weight is 389 g/mol. The van der Waals surface area contributed by atoms with Crippen molar-refractivity contribution in [1.29, 1.82) is 0 Å². The third kappa shape index (κ3) is 3.60. The Bertz CT molecular complexity index is 944. The highest BCUT2D eigenvalue weighted by atomic mass is 32.2. The first kappa shape index (κ1) is 17.4. The molecule has 1 fully saturated rings. The van der Waals surface area contributed by atoms with Crippen molar-refractivity contribution in [3.05, 3.63) is 35.2 Å². The van der Waals surface area contributed by atoms with E-state index in [2.05, 4.69) is 32.0 Å². The molecule has 0 saturated carbocycles. The molecule has 1 aliphatic heterocycles. The average Bonchev–Trinajstić information content (AvgIpc) is 3.31. The molecule has 1 saturated heterocycles. The Morgan fingerprint density at radius 2 is 2.31 bits per heavy atom. The van der Waals surface area contributed by atoms with Crippen molar-refractivity contribution < 1.29 is 4.79 Å². The highest BCUT2D eigenvalue weighted by molar-refractivity contribution is 8.01. The van der Waals surface area contributed by atoms with E-state index in [1.165, 1.54) is 28.7 Å². The Labute approximate surface area is 159 Å². The summed E-state index contributed by atoms with van der Waals surface area (Å²) in [5, 5.41) is 19.4. The summed E-state index contributed by atoms with van der Waals surface area (Å²) in [5.41, 5.74) is 3.10. The smallest absolute Gasteiger partial charge is 0.235 e. The number of fused-ring (bicyclic) bond motifs is 1. The number of carbonyl (C=O) groups excluding carboxylic acids is 1. The second-order valence-electron chi connectivity index (χ2n) is 6.42. The Morgan fingerprint density at radius 3 is 3.08 bits per heavy atom. The van der Waals surface area contributed by atoms with Crippen molar-refractivity contribution in [3.8, 4) is 0 Å². The molecule has 7 nitrogen and oxygen atoms in total. The first-order valence-electron chi connectivity index (χ1n) is 8.55. The number of anilines is 1. The number of aromatic nitrogens is 4. The van der Waals surface area contributed by atoms with Gasteiger partial charge in [-0.05, 0) is 44.9 Å². The lowest BCUT2D eigenvalue weighted by Crippen LogP contribution is -2.16. The highest BCUT2D eigenvalue weighted by Gasteiger charge is 2.23. The molecular weight excluding hydrogens is 368 g/mol. The van der Waals surface area contributed by atoms with Gasteiger partial charge in [-0.2, -0.15) is 4.52 Å². The number of thioether (sulfide) groups is 1. The SMILES string of the molecule is Cc1ccc(NC(=O)CSc2nn3c(C4CCCN4)nnc3s2)c(C)c1. The second kappa shape index (κ2) is 7.34. The summed E-state index contributed by atoms with van der Waals surface area (Å²) < 4.78 is 2.63. The van der Waals surface area contributed by atoms with Gasteiger partial charge in [-0.25, -0.2) is 0 Å². The Morgan fingerprint density at radius 1 is 1.42 bits per heavy atom. The van der Waals surface area contributed by atoms with Crippen LogP contribution in [0.25, 0.3) is 4.96 Å². The Balaban J connectivity index is 1.40. The van der Waals surface area contributed by atoms with Crippen molar-refractivity contribution in [3.63, 3.8) is 0 Å². The van der Waals surface area contributed by atoms with Crippen molar-refractivity contribution in [2.75, 3.05) is 17.6 Å². The molecule has 9 heteroatoms. The maximum atomic E-state index is 12.3. The first-order chi connectivity index (χ1) is 12.6. The standard InChI is InChI=1S/C17H20N6OS2/c1-10-5-6-12(11(2)8-10)19-14(24)9-25-17-22-23-15(13-4-3-7-18-13)20-21-16(23)26-17/h5-6,8,13,18H,3-4,7,9H2,1-2H3,(H,19,24). The molecule has 1 atom stereocenters. The molecule has 136 valence electrons. The second-order valence-corrected chi connectivity index (χ2v) is 8.60. The summed E-state index contributed by atoms with van der Waals surface area (Å²) in [6.45, 7) is 5.04. The molecule has 1 amide bonds. The zero-order chi connectivity index (χ0) is 18.1. The van der Waals surface area contributed by atoms with Gasteiger partial charge in [0.1, 0.15) is 0 Å². The third-order valence-corrected chi connectivity index (χ3v) is 6.38. The van der Waals surface area contributed by atoms with Gasteiger partial charge < -0.3 is 10.6 Å². The van der Waals surface area contributed by atoms with Crippen LogP contribution in [0.15, 0.2) is 22.5 Å². The number of hydrogen-bond acceptors (Lipinski definition) is 7. The largest absolute Gasteiger partial charge is 0.325 e. The van der Waals surface area contributed by atoms with E-state index in [9.17, 15) is 4.79 Å². The van der Waals surface area contributed by atoms with Crippen LogP contribution in [0.5, 0.6) is 0 Å².